The van der Waals surface area contributed by atoms with E-state index in [0.717, 1.165) is 11.1 Å². The zero-order chi connectivity index (χ0) is 22.5. The van der Waals surface area contributed by atoms with Crippen LogP contribution < -0.4 is 9.47 Å². The van der Waals surface area contributed by atoms with Gasteiger partial charge in [0.05, 0.1) is 13.7 Å². The zero-order valence-electron chi connectivity index (χ0n) is 17.7. The predicted molar refractivity (Wildman–Crippen MR) is 117 cm³/mol. The largest absolute Gasteiger partial charge is 0.497 e. The van der Waals surface area contributed by atoms with Crippen LogP contribution in [-0.2, 0) is 9.53 Å². The van der Waals surface area contributed by atoms with E-state index in [1.54, 1.807) is 56.5 Å². The van der Waals surface area contributed by atoms with Gasteiger partial charge in [-0.05, 0) is 61.5 Å². The minimum absolute atomic E-state index is 0.113. The number of methoxy groups -OCH3 is 1. The van der Waals surface area contributed by atoms with Gasteiger partial charge in [-0.1, -0.05) is 11.2 Å². The van der Waals surface area contributed by atoms with Gasteiger partial charge in [-0.2, -0.15) is 0 Å². The summed E-state index contributed by atoms with van der Waals surface area (Å²) in [5, 5.41) is 4.16. The molecule has 0 saturated heterocycles. The fraction of sp³-hybridized carbons (Fsp3) is 0.160. The third-order valence-electron chi connectivity index (χ3n) is 4.95. The summed E-state index contributed by atoms with van der Waals surface area (Å²) in [5.74, 6) is 0.680. The highest BCUT2D eigenvalue weighted by atomic mass is 16.6. The highest BCUT2D eigenvalue weighted by Gasteiger charge is 2.22. The van der Waals surface area contributed by atoms with Crippen LogP contribution in [0.1, 0.15) is 22.8 Å². The van der Waals surface area contributed by atoms with Gasteiger partial charge in [0.2, 0.25) is 0 Å². The Balaban J connectivity index is 1.55. The molecule has 7 nitrogen and oxygen atoms in total. The lowest BCUT2D eigenvalue weighted by atomic mass is 9.98. The molecular formula is C25H21NO6. The molecule has 0 unspecified atom stereocenters. The lowest BCUT2D eigenvalue weighted by Gasteiger charge is -2.09. The third kappa shape index (κ3) is 4.32. The number of esters is 1. The molecule has 7 heteroatoms. The average molecular weight is 431 g/mol. The quantitative estimate of drug-likeness (QED) is 0.297. The Morgan fingerprint density at radius 2 is 1.62 bits per heavy atom. The maximum absolute atomic E-state index is 13.0. The van der Waals surface area contributed by atoms with E-state index in [0.29, 0.717) is 40.5 Å². The van der Waals surface area contributed by atoms with E-state index in [9.17, 15) is 9.59 Å². The molecule has 162 valence electrons. The second-order valence-corrected chi connectivity index (χ2v) is 6.91. The first kappa shape index (κ1) is 21.1. The summed E-state index contributed by atoms with van der Waals surface area (Å²) in [4.78, 5) is 24.5. The van der Waals surface area contributed by atoms with Crippen LogP contribution in [0.3, 0.4) is 0 Å². The molecule has 0 N–H and O–H groups in total. The molecule has 2 aromatic carbocycles. The van der Waals surface area contributed by atoms with Crippen molar-refractivity contribution in [3.8, 4) is 33.9 Å². The van der Waals surface area contributed by atoms with Crippen LogP contribution in [-0.4, -0.2) is 37.2 Å². The number of ether oxygens (including phenoxy) is 3. The zero-order valence-corrected chi connectivity index (χ0v) is 17.7. The Morgan fingerprint density at radius 1 is 0.906 bits per heavy atom. The fourth-order valence-corrected chi connectivity index (χ4v) is 3.36. The molecule has 0 bridgehead atoms. The summed E-state index contributed by atoms with van der Waals surface area (Å²) >= 11 is 0. The topological polar surface area (TPSA) is 87.9 Å². The number of ketones is 1. The van der Waals surface area contributed by atoms with Gasteiger partial charge in [0, 0.05) is 27.8 Å². The summed E-state index contributed by atoms with van der Waals surface area (Å²) < 4.78 is 20.8. The third-order valence-corrected chi connectivity index (χ3v) is 4.95. The van der Waals surface area contributed by atoms with E-state index in [2.05, 4.69) is 5.16 Å². The first-order valence-corrected chi connectivity index (χ1v) is 10.1. The van der Waals surface area contributed by atoms with Gasteiger partial charge in [-0.3, -0.25) is 4.79 Å². The molecule has 0 atom stereocenters. The maximum Gasteiger partial charge on any atom is 0.344 e. The molecule has 1 aliphatic carbocycles. The van der Waals surface area contributed by atoms with Crippen LogP contribution in [0.25, 0.3) is 22.4 Å². The van der Waals surface area contributed by atoms with Crippen LogP contribution in [0.15, 0.2) is 71.4 Å². The monoisotopic (exact) mass is 431 g/mol. The van der Waals surface area contributed by atoms with Gasteiger partial charge in [-0.15, -0.1) is 0 Å². The first-order chi connectivity index (χ1) is 15.6. The van der Waals surface area contributed by atoms with E-state index in [4.69, 9.17) is 18.7 Å². The molecule has 1 aliphatic heterocycles. The smallest absolute Gasteiger partial charge is 0.344 e. The van der Waals surface area contributed by atoms with Crippen LogP contribution in [0.2, 0.25) is 0 Å². The summed E-state index contributed by atoms with van der Waals surface area (Å²) in [5.41, 5.74) is 3.96. The second kappa shape index (κ2) is 9.34. The van der Waals surface area contributed by atoms with Gasteiger partial charge in [0.1, 0.15) is 23.5 Å². The molecule has 0 fully saturated rings. The Kier molecular flexibility index (Phi) is 6.17. The number of nitrogens with zero attached hydrogens (tertiary/aromatic N) is 1. The van der Waals surface area contributed by atoms with E-state index in [1.807, 2.05) is 18.2 Å². The lowest BCUT2D eigenvalue weighted by Crippen LogP contribution is -2.14. The second-order valence-electron chi connectivity index (χ2n) is 6.91. The van der Waals surface area contributed by atoms with Gasteiger partial charge in [0.25, 0.3) is 0 Å². The molecule has 4 rings (SSSR count). The van der Waals surface area contributed by atoms with Crippen molar-refractivity contribution in [2.45, 2.75) is 6.92 Å². The van der Waals surface area contributed by atoms with E-state index in [1.165, 1.54) is 6.26 Å². The number of aromatic nitrogens is 1. The summed E-state index contributed by atoms with van der Waals surface area (Å²) in [6, 6.07) is 17.7. The van der Waals surface area contributed by atoms with E-state index >= 15 is 0 Å². The molecule has 0 aromatic heterocycles. The number of carbonyl (C=O) groups excluding carboxylic acids is 2. The van der Waals surface area contributed by atoms with E-state index in [-0.39, 0.29) is 12.4 Å². The van der Waals surface area contributed by atoms with Crippen LogP contribution in [0, 0.1) is 0 Å². The van der Waals surface area contributed by atoms with Crippen molar-refractivity contribution in [3.63, 3.8) is 0 Å². The highest BCUT2D eigenvalue weighted by Crippen LogP contribution is 2.37. The maximum atomic E-state index is 13.0. The first-order valence-electron chi connectivity index (χ1n) is 10.1. The Morgan fingerprint density at radius 3 is 2.31 bits per heavy atom. The van der Waals surface area contributed by atoms with Crippen molar-refractivity contribution in [1.82, 2.24) is 5.16 Å². The van der Waals surface area contributed by atoms with Gasteiger partial charge >= 0.3 is 5.97 Å². The van der Waals surface area contributed by atoms with Crippen LogP contribution in [0.5, 0.6) is 11.5 Å². The Hall–Kier alpha value is -4.13. The van der Waals surface area contributed by atoms with Gasteiger partial charge < -0.3 is 18.7 Å². The molecule has 0 radical (unpaired) electrons. The number of rotatable bonds is 8. The van der Waals surface area contributed by atoms with Crippen molar-refractivity contribution < 1.29 is 28.3 Å². The molecule has 1 heterocycles. The minimum atomic E-state index is -0.423. The molecule has 0 saturated carbocycles. The van der Waals surface area contributed by atoms with Crippen LogP contribution in [0.4, 0.5) is 0 Å². The van der Waals surface area contributed by atoms with Crippen molar-refractivity contribution in [2.24, 2.45) is 0 Å². The molecule has 0 spiro atoms. The number of carbonyl (C=O) groups is 2. The normalized spacial score (nSPS) is 10.7. The molecular weight excluding hydrogens is 410 g/mol. The lowest BCUT2D eigenvalue weighted by molar-refractivity contribution is -0.145. The SMILES string of the molecule is CCOC(=O)COc1ccc(-c2nocc3c(C(=O)c4ccc(OC)cc4)ccc2-3)cc1. The van der Waals surface area contributed by atoms with Gasteiger partial charge in [0.15, 0.2) is 12.4 Å². The highest BCUT2D eigenvalue weighted by molar-refractivity contribution is 6.14. The molecule has 0 amide bonds. The number of fused-ring (bicyclic) bond motifs is 1. The summed E-state index contributed by atoms with van der Waals surface area (Å²) in [6.07, 6.45) is 1.48. The van der Waals surface area contributed by atoms with Gasteiger partial charge in [-0.25, -0.2) is 4.79 Å². The average Bonchev–Trinajstić information content (AvgIpc) is 3.27. The van der Waals surface area contributed by atoms with Crippen LogP contribution >= 0.6 is 0 Å². The molecule has 32 heavy (non-hydrogen) atoms. The van der Waals surface area contributed by atoms with E-state index < -0.39 is 5.97 Å². The predicted octanol–water partition coefficient (Wildman–Crippen LogP) is 4.63. The number of hydrogen-bond donors (Lipinski definition) is 0. The number of hydrogen-bond acceptors (Lipinski definition) is 7. The van der Waals surface area contributed by atoms with Crippen molar-refractivity contribution in [3.05, 3.63) is 78.1 Å². The van der Waals surface area contributed by atoms with Crippen molar-refractivity contribution in [2.75, 3.05) is 20.3 Å². The van der Waals surface area contributed by atoms with Crippen molar-refractivity contribution >= 4 is 11.8 Å². The minimum Gasteiger partial charge on any atom is -0.497 e. The number of benzene rings is 2. The summed E-state index contributed by atoms with van der Waals surface area (Å²) in [7, 11) is 1.58. The molecule has 2 aromatic rings. The summed E-state index contributed by atoms with van der Waals surface area (Å²) in [6.45, 7) is 1.89. The fourth-order valence-electron chi connectivity index (χ4n) is 3.36. The standard InChI is InChI=1S/C25H21NO6/c1-3-30-23(27)15-31-19-10-4-16(5-11-19)24-20-12-13-21(22(20)14-32-26-24)25(28)17-6-8-18(29-2)9-7-17/h4-14H,3,15H2,1-2H3. The Labute approximate surface area is 184 Å². The Bertz CT molecular complexity index is 1190. The van der Waals surface area contributed by atoms with Crippen molar-refractivity contribution in [1.29, 1.82) is 0 Å². The molecule has 2 aliphatic rings.